The van der Waals surface area contributed by atoms with E-state index in [0.717, 1.165) is 23.1 Å². The fraction of sp³-hybridized carbons (Fsp3) is 0.444. The predicted octanol–water partition coefficient (Wildman–Crippen LogP) is 2.82. The molecule has 1 aromatic rings. The van der Waals surface area contributed by atoms with Crippen LogP contribution in [0.2, 0.25) is 0 Å². The van der Waals surface area contributed by atoms with E-state index in [0.29, 0.717) is 0 Å². The first-order chi connectivity index (χ1) is 5.75. The number of alkyl halides is 1. The maximum Gasteiger partial charge on any atom is 0.0666 e. The lowest BCUT2D eigenvalue weighted by Crippen LogP contribution is -1.77. The molecule has 0 saturated heterocycles. The minimum Gasteiger partial charge on any atom is -0.282 e. The number of aryl methyl sites for hydroxylation is 2. The lowest BCUT2D eigenvalue weighted by atomic mass is 10.2. The van der Waals surface area contributed by atoms with Gasteiger partial charge in [0.1, 0.15) is 0 Å². The van der Waals surface area contributed by atoms with Crippen LogP contribution in [0.25, 0.3) is 6.08 Å². The van der Waals surface area contributed by atoms with Crippen molar-refractivity contribution in [2.45, 2.75) is 20.3 Å². The molecule has 0 aliphatic carbocycles. The third-order valence-corrected chi connectivity index (χ3v) is 2.20. The Morgan fingerprint density at radius 3 is 2.75 bits per heavy atom. The van der Waals surface area contributed by atoms with Crippen molar-refractivity contribution in [1.29, 1.82) is 0 Å². The highest BCUT2D eigenvalue weighted by molar-refractivity contribution is 9.09. The van der Waals surface area contributed by atoms with Gasteiger partial charge in [-0.05, 0) is 20.3 Å². The molecule has 0 aliphatic heterocycles. The fourth-order valence-corrected chi connectivity index (χ4v) is 1.33. The van der Waals surface area contributed by atoms with E-state index < -0.39 is 0 Å². The molecule has 0 radical (unpaired) electrons. The highest BCUT2D eigenvalue weighted by Gasteiger charge is 2.00. The summed E-state index contributed by atoms with van der Waals surface area (Å²) in [6.07, 6.45) is 5.33. The molecule has 0 aromatic carbocycles. The van der Waals surface area contributed by atoms with Crippen LogP contribution in [-0.4, -0.2) is 15.5 Å². The molecule has 0 saturated carbocycles. The minimum atomic E-state index is 1.01. The number of nitrogens with one attached hydrogen (secondary N) is 1. The molecule has 2 nitrogen and oxygen atoms in total. The van der Waals surface area contributed by atoms with E-state index in [9.17, 15) is 0 Å². The third kappa shape index (κ3) is 2.21. The van der Waals surface area contributed by atoms with E-state index in [1.807, 2.05) is 13.8 Å². The molecule has 0 aliphatic rings. The van der Waals surface area contributed by atoms with Crippen LogP contribution < -0.4 is 0 Å². The van der Waals surface area contributed by atoms with Crippen LogP contribution in [0.4, 0.5) is 0 Å². The Morgan fingerprint density at radius 1 is 1.50 bits per heavy atom. The number of halogens is 1. The Morgan fingerprint density at radius 2 is 2.25 bits per heavy atom. The van der Waals surface area contributed by atoms with Crippen LogP contribution in [0.1, 0.15) is 23.4 Å². The number of aromatic amines is 1. The van der Waals surface area contributed by atoms with Gasteiger partial charge in [0, 0.05) is 16.6 Å². The van der Waals surface area contributed by atoms with Crippen molar-refractivity contribution in [3.63, 3.8) is 0 Å². The summed E-state index contributed by atoms with van der Waals surface area (Å²) in [5.74, 6) is 0. The average molecular weight is 229 g/mol. The maximum atomic E-state index is 4.11. The zero-order valence-electron chi connectivity index (χ0n) is 7.39. The van der Waals surface area contributed by atoms with Crippen molar-refractivity contribution in [3.8, 4) is 0 Å². The number of hydrogen-bond acceptors (Lipinski definition) is 1. The predicted molar refractivity (Wildman–Crippen MR) is 55.5 cm³/mol. The minimum absolute atomic E-state index is 1.01. The van der Waals surface area contributed by atoms with Gasteiger partial charge in [0.25, 0.3) is 0 Å². The first-order valence-electron chi connectivity index (χ1n) is 3.99. The third-order valence-electron chi connectivity index (χ3n) is 1.75. The standard InChI is InChI=1S/C9H13BrN2/c1-7-9(5-3-4-6-10)8(2)12-11-7/h3,5H,4,6H2,1-2H3,(H,11,12). The van der Waals surface area contributed by atoms with Gasteiger partial charge in [0.05, 0.1) is 5.69 Å². The van der Waals surface area contributed by atoms with Crippen LogP contribution in [0, 0.1) is 13.8 Å². The summed E-state index contributed by atoms with van der Waals surface area (Å²) >= 11 is 3.38. The second-order valence-electron chi connectivity index (χ2n) is 2.73. The monoisotopic (exact) mass is 228 g/mol. The quantitative estimate of drug-likeness (QED) is 0.793. The molecule has 0 fully saturated rings. The molecule has 0 amide bonds. The van der Waals surface area contributed by atoms with Crippen molar-refractivity contribution in [2.24, 2.45) is 0 Å². The van der Waals surface area contributed by atoms with Gasteiger partial charge in [-0.15, -0.1) is 0 Å². The van der Waals surface area contributed by atoms with Crippen molar-refractivity contribution in [2.75, 3.05) is 5.33 Å². The van der Waals surface area contributed by atoms with Crippen LogP contribution in [-0.2, 0) is 0 Å². The van der Waals surface area contributed by atoms with E-state index in [2.05, 4.69) is 38.3 Å². The Balaban J connectivity index is 2.73. The summed E-state index contributed by atoms with van der Waals surface area (Å²) in [5.41, 5.74) is 3.42. The zero-order chi connectivity index (χ0) is 8.97. The molecule has 1 N–H and O–H groups in total. The van der Waals surface area contributed by atoms with Gasteiger partial charge in [0.2, 0.25) is 0 Å². The summed E-state index contributed by atoms with van der Waals surface area (Å²) in [6, 6.07) is 0. The first-order valence-corrected chi connectivity index (χ1v) is 5.12. The second kappa shape index (κ2) is 4.45. The molecule has 12 heavy (non-hydrogen) atoms. The lowest BCUT2D eigenvalue weighted by molar-refractivity contribution is 1.02. The summed E-state index contributed by atoms with van der Waals surface area (Å²) in [7, 11) is 0. The van der Waals surface area contributed by atoms with Crippen molar-refractivity contribution in [3.05, 3.63) is 23.0 Å². The number of rotatable bonds is 3. The number of H-pyrrole nitrogens is 1. The Kier molecular flexibility index (Phi) is 3.53. The van der Waals surface area contributed by atoms with E-state index in [1.165, 1.54) is 5.56 Å². The highest BCUT2D eigenvalue weighted by atomic mass is 79.9. The van der Waals surface area contributed by atoms with Gasteiger partial charge in [0.15, 0.2) is 0 Å². The molecule has 0 unspecified atom stereocenters. The lowest BCUT2D eigenvalue weighted by Gasteiger charge is -1.90. The smallest absolute Gasteiger partial charge is 0.0666 e. The zero-order valence-corrected chi connectivity index (χ0v) is 8.98. The van der Waals surface area contributed by atoms with Gasteiger partial charge in [-0.1, -0.05) is 28.1 Å². The topological polar surface area (TPSA) is 28.7 Å². The van der Waals surface area contributed by atoms with Gasteiger partial charge >= 0.3 is 0 Å². The van der Waals surface area contributed by atoms with Gasteiger partial charge in [-0.25, -0.2) is 0 Å². The van der Waals surface area contributed by atoms with Crippen molar-refractivity contribution in [1.82, 2.24) is 10.2 Å². The number of allylic oxidation sites excluding steroid dienone is 1. The molecular formula is C9H13BrN2. The molecule has 0 bridgehead atoms. The summed E-state index contributed by atoms with van der Waals surface area (Å²) in [4.78, 5) is 0. The fourth-order valence-electron chi connectivity index (χ4n) is 1.07. The molecule has 3 heteroatoms. The number of hydrogen-bond donors (Lipinski definition) is 1. The molecular weight excluding hydrogens is 216 g/mol. The summed E-state index contributed by atoms with van der Waals surface area (Å²) in [6.45, 7) is 4.05. The number of aromatic nitrogens is 2. The van der Waals surface area contributed by atoms with Gasteiger partial charge in [-0.2, -0.15) is 5.10 Å². The second-order valence-corrected chi connectivity index (χ2v) is 3.52. The normalized spacial score (nSPS) is 11.2. The summed E-state index contributed by atoms with van der Waals surface area (Å²) in [5, 5.41) is 8.07. The van der Waals surface area contributed by atoms with E-state index in [1.54, 1.807) is 0 Å². The maximum absolute atomic E-state index is 4.11. The Hall–Kier alpha value is -0.570. The Bertz CT molecular complexity index is 257. The molecule has 1 rings (SSSR count). The molecule has 0 spiro atoms. The molecule has 0 atom stereocenters. The largest absolute Gasteiger partial charge is 0.282 e. The van der Waals surface area contributed by atoms with Crippen LogP contribution >= 0.6 is 15.9 Å². The van der Waals surface area contributed by atoms with Gasteiger partial charge < -0.3 is 0 Å². The molecule has 66 valence electrons. The van der Waals surface area contributed by atoms with Gasteiger partial charge in [-0.3, -0.25) is 5.10 Å². The average Bonchev–Trinajstić information content (AvgIpc) is 2.35. The molecule has 1 heterocycles. The first kappa shape index (κ1) is 9.52. The summed E-state index contributed by atoms with van der Waals surface area (Å²) < 4.78 is 0. The highest BCUT2D eigenvalue weighted by Crippen LogP contribution is 2.11. The Labute approximate surface area is 81.2 Å². The molecule has 1 aromatic heterocycles. The van der Waals surface area contributed by atoms with Crippen molar-refractivity contribution < 1.29 is 0 Å². The van der Waals surface area contributed by atoms with Crippen LogP contribution in [0.5, 0.6) is 0 Å². The van der Waals surface area contributed by atoms with Crippen molar-refractivity contribution >= 4 is 22.0 Å². The number of nitrogens with zero attached hydrogens (tertiary/aromatic N) is 1. The SMILES string of the molecule is Cc1n[nH]c(C)c1C=CCCBr. The van der Waals surface area contributed by atoms with E-state index in [-0.39, 0.29) is 0 Å². The van der Waals surface area contributed by atoms with Crippen LogP contribution in [0.15, 0.2) is 6.08 Å². The van der Waals surface area contributed by atoms with E-state index in [4.69, 9.17) is 0 Å². The van der Waals surface area contributed by atoms with E-state index >= 15 is 0 Å². The van der Waals surface area contributed by atoms with Crippen LogP contribution in [0.3, 0.4) is 0 Å².